The maximum Gasteiger partial charge on any atom is -0.00367 e. The van der Waals surface area contributed by atoms with Gasteiger partial charge < -0.3 is 0 Å². The van der Waals surface area contributed by atoms with E-state index in [1.54, 1.807) is 0 Å². The van der Waals surface area contributed by atoms with E-state index >= 15 is 0 Å². The highest BCUT2D eigenvalue weighted by atomic mass is 32.2. The van der Waals surface area contributed by atoms with Crippen LogP contribution < -0.4 is 0 Å². The zero-order valence-corrected chi connectivity index (χ0v) is 7.21. The van der Waals surface area contributed by atoms with Crippen molar-refractivity contribution >= 4 is 11.8 Å². The van der Waals surface area contributed by atoms with Crippen molar-refractivity contribution in [3.63, 3.8) is 0 Å². The van der Waals surface area contributed by atoms with Gasteiger partial charge in [-0.05, 0) is 36.2 Å². The highest BCUT2D eigenvalue weighted by Gasteiger charge is 2.16. The van der Waals surface area contributed by atoms with Crippen LogP contribution in [0.5, 0.6) is 0 Å². The zero-order valence-electron chi connectivity index (χ0n) is 6.39. The Bertz CT molecular complexity index is 72.6. The third-order valence-electron chi connectivity index (χ3n) is 2.14. The van der Waals surface area contributed by atoms with Crippen molar-refractivity contribution in [3.8, 4) is 0 Å². The molecule has 0 nitrogen and oxygen atoms in total. The molecule has 1 aliphatic heterocycles. The Morgan fingerprint density at radius 2 is 2.22 bits per heavy atom. The molecule has 0 radical (unpaired) electrons. The molecule has 54 valence electrons. The van der Waals surface area contributed by atoms with Gasteiger partial charge in [-0.2, -0.15) is 11.8 Å². The molecule has 1 rings (SSSR count). The van der Waals surface area contributed by atoms with E-state index in [0.29, 0.717) is 0 Å². The number of thioether (sulfide) groups is 1. The topological polar surface area (TPSA) is 0 Å². The second-order valence-corrected chi connectivity index (χ2v) is 4.37. The number of rotatable bonds is 1. The minimum Gasteiger partial charge on any atom is -0.162 e. The van der Waals surface area contributed by atoms with Crippen LogP contribution in [-0.2, 0) is 0 Å². The molecule has 0 aromatic rings. The van der Waals surface area contributed by atoms with Crippen molar-refractivity contribution in [1.82, 2.24) is 0 Å². The van der Waals surface area contributed by atoms with Crippen molar-refractivity contribution in [2.75, 3.05) is 11.5 Å². The van der Waals surface area contributed by atoms with Gasteiger partial charge in [-0.25, -0.2) is 0 Å². The third kappa shape index (κ3) is 2.21. The van der Waals surface area contributed by atoms with Gasteiger partial charge in [0.05, 0.1) is 0 Å². The van der Waals surface area contributed by atoms with E-state index in [0.717, 1.165) is 11.8 Å². The van der Waals surface area contributed by atoms with E-state index in [1.807, 2.05) is 0 Å². The maximum absolute atomic E-state index is 2.34. The normalized spacial score (nSPS) is 29.0. The standard InChI is InChI=1S/C8H16S/c1-7(2)8-4-3-5-9-6-8/h7-8H,3-6H2,1-2H3. The lowest BCUT2D eigenvalue weighted by Crippen LogP contribution is -2.15. The smallest absolute Gasteiger partial charge is 0.00367 e. The molecular formula is C8H16S. The van der Waals surface area contributed by atoms with Gasteiger partial charge in [-0.1, -0.05) is 13.8 Å². The summed E-state index contributed by atoms with van der Waals surface area (Å²) in [5, 5.41) is 0. The van der Waals surface area contributed by atoms with E-state index < -0.39 is 0 Å². The van der Waals surface area contributed by atoms with Gasteiger partial charge in [0.2, 0.25) is 0 Å². The summed E-state index contributed by atoms with van der Waals surface area (Å²) in [7, 11) is 0. The van der Waals surface area contributed by atoms with Crippen LogP contribution in [0.3, 0.4) is 0 Å². The second kappa shape index (κ2) is 3.50. The molecular weight excluding hydrogens is 128 g/mol. The minimum atomic E-state index is 0.915. The first-order chi connectivity index (χ1) is 4.30. The van der Waals surface area contributed by atoms with Crippen molar-refractivity contribution < 1.29 is 0 Å². The van der Waals surface area contributed by atoms with E-state index in [9.17, 15) is 0 Å². The molecule has 1 heterocycles. The minimum absolute atomic E-state index is 0.915. The van der Waals surface area contributed by atoms with Gasteiger partial charge in [0.25, 0.3) is 0 Å². The van der Waals surface area contributed by atoms with Gasteiger partial charge in [-0.3, -0.25) is 0 Å². The van der Waals surface area contributed by atoms with E-state index in [4.69, 9.17) is 0 Å². The molecule has 0 bridgehead atoms. The van der Waals surface area contributed by atoms with Gasteiger partial charge in [0.15, 0.2) is 0 Å². The summed E-state index contributed by atoms with van der Waals surface area (Å²) in [5.74, 6) is 4.75. The van der Waals surface area contributed by atoms with Crippen LogP contribution in [-0.4, -0.2) is 11.5 Å². The fourth-order valence-electron chi connectivity index (χ4n) is 1.29. The lowest BCUT2D eigenvalue weighted by atomic mass is 9.93. The van der Waals surface area contributed by atoms with E-state index in [-0.39, 0.29) is 0 Å². The molecule has 0 spiro atoms. The van der Waals surface area contributed by atoms with Gasteiger partial charge in [0, 0.05) is 0 Å². The monoisotopic (exact) mass is 144 g/mol. The SMILES string of the molecule is CC(C)C1CCCSC1. The fourth-order valence-corrected chi connectivity index (χ4v) is 2.68. The van der Waals surface area contributed by atoms with Crippen LogP contribution in [0.4, 0.5) is 0 Å². The molecule has 1 heteroatoms. The summed E-state index contributed by atoms with van der Waals surface area (Å²) >= 11 is 2.13. The summed E-state index contributed by atoms with van der Waals surface area (Å²) in [5.41, 5.74) is 0. The summed E-state index contributed by atoms with van der Waals surface area (Å²) in [6.45, 7) is 4.69. The van der Waals surface area contributed by atoms with Crippen LogP contribution in [0.15, 0.2) is 0 Å². The van der Waals surface area contributed by atoms with Crippen molar-refractivity contribution in [1.29, 1.82) is 0 Å². The third-order valence-corrected chi connectivity index (χ3v) is 3.38. The Kier molecular flexibility index (Phi) is 2.90. The molecule has 0 amide bonds. The number of hydrogen-bond donors (Lipinski definition) is 0. The lowest BCUT2D eigenvalue weighted by Gasteiger charge is -2.24. The Morgan fingerprint density at radius 3 is 2.56 bits per heavy atom. The molecule has 0 aromatic carbocycles. The van der Waals surface area contributed by atoms with Crippen LogP contribution >= 0.6 is 11.8 Å². The molecule has 1 saturated heterocycles. The molecule has 0 N–H and O–H groups in total. The van der Waals surface area contributed by atoms with Crippen molar-refractivity contribution in [2.24, 2.45) is 11.8 Å². The average molecular weight is 144 g/mol. The van der Waals surface area contributed by atoms with E-state index in [2.05, 4.69) is 25.6 Å². The Hall–Kier alpha value is 0.350. The van der Waals surface area contributed by atoms with Crippen LogP contribution in [0.2, 0.25) is 0 Å². The largest absolute Gasteiger partial charge is 0.162 e. The quantitative estimate of drug-likeness (QED) is 0.545. The summed E-state index contributed by atoms with van der Waals surface area (Å²) in [4.78, 5) is 0. The Morgan fingerprint density at radius 1 is 1.44 bits per heavy atom. The van der Waals surface area contributed by atoms with Crippen LogP contribution in [0, 0.1) is 11.8 Å². The van der Waals surface area contributed by atoms with Gasteiger partial charge in [-0.15, -0.1) is 0 Å². The van der Waals surface area contributed by atoms with Crippen LogP contribution in [0.1, 0.15) is 26.7 Å². The summed E-state index contributed by atoms with van der Waals surface area (Å²) in [6, 6.07) is 0. The first kappa shape index (κ1) is 7.46. The summed E-state index contributed by atoms with van der Waals surface area (Å²) in [6.07, 6.45) is 2.93. The molecule has 1 atom stereocenters. The predicted octanol–water partition coefficient (Wildman–Crippen LogP) is 2.79. The highest BCUT2D eigenvalue weighted by molar-refractivity contribution is 7.99. The summed E-state index contributed by atoms with van der Waals surface area (Å²) < 4.78 is 0. The zero-order chi connectivity index (χ0) is 6.69. The first-order valence-electron chi connectivity index (χ1n) is 3.88. The molecule has 1 fully saturated rings. The van der Waals surface area contributed by atoms with Crippen LogP contribution in [0.25, 0.3) is 0 Å². The van der Waals surface area contributed by atoms with Gasteiger partial charge >= 0.3 is 0 Å². The maximum atomic E-state index is 2.34. The first-order valence-corrected chi connectivity index (χ1v) is 5.04. The number of hydrogen-bond acceptors (Lipinski definition) is 1. The predicted molar refractivity (Wildman–Crippen MR) is 44.9 cm³/mol. The fraction of sp³-hybridized carbons (Fsp3) is 1.00. The Balaban J connectivity index is 2.23. The molecule has 0 aliphatic carbocycles. The lowest BCUT2D eigenvalue weighted by molar-refractivity contribution is 0.389. The molecule has 1 aliphatic rings. The molecule has 1 unspecified atom stereocenters. The highest BCUT2D eigenvalue weighted by Crippen LogP contribution is 2.27. The average Bonchev–Trinajstić information content (AvgIpc) is 1.90. The molecule has 9 heavy (non-hydrogen) atoms. The van der Waals surface area contributed by atoms with Crippen molar-refractivity contribution in [2.45, 2.75) is 26.7 Å². The van der Waals surface area contributed by atoms with Gasteiger partial charge in [0.1, 0.15) is 0 Å². The Labute approximate surface area is 62.4 Å². The second-order valence-electron chi connectivity index (χ2n) is 3.22. The molecule has 0 saturated carbocycles. The van der Waals surface area contributed by atoms with Crippen molar-refractivity contribution in [3.05, 3.63) is 0 Å². The molecule has 0 aromatic heterocycles. The van der Waals surface area contributed by atoms with E-state index in [1.165, 1.54) is 24.3 Å².